The van der Waals surface area contributed by atoms with Crippen molar-refractivity contribution < 1.29 is 4.79 Å². The van der Waals surface area contributed by atoms with E-state index in [1.54, 1.807) is 7.05 Å². The Bertz CT molecular complexity index is 534. The molecule has 6 nitrogen and oxygen atoms in total. The summed E-state index contributed by atoms with van der Waals surface area (Å²) in [4.78, 5) is 18.6. The summed E-state index contributed by atoms with van der Waals surface area (Å²) in [7, 11) is 1.77. The summed E-state index contributed by atoms with van der Waals surface area (Å²) in [5.41, 5.74) is 0.692. The van der Waals surface area contributed by atoms with E-state index in [9.17, 15) is 4.79 Å². The van der Waals surface area contributed by atoms with Gasteiger partial charge in [0.25, 0.3) is 5.91 Å². The zero-order chi connectivity index (χ0) is 19.4. The lowest BCUT2D eigenvalue weighted by molar-refractivity contribution is 0.0953. The average Bonchev–Trinajstić information content (AvgIpc) is 2.63. The first-order valence-corrected chi connectivity index (χ1v) is 9.49. The van der Waals surface area contributed by atoms with Crippen molar-refractivity contribution in [1.29, 1.82) is 0 Å². The molecule has 0 atom stereocenters. The molecule has 0 aromatic heterocycles. The molecular formula is C20H35N5O. The van der Waals surface area contributed by atoms with Gasteiger partial charge >= 0.3 is 0 Å². The number of amides is 1. The van der Waals surface area contributed by atoms with E-state index >= 15 is 0 Å². The number of aliphatic imine (C=N–C) groups is 1. The molecule has 1 aromatic rings. The number of guanidine groups is 1. The maximum atomic E-state index is 11.9. The fourth-order valence-electron chi connectivity index (χ4n) is 2.83. The smallest absolute Gasteiger partial charge is 0.251 e. The molecule has 6 heteroatoms. The molecule has 146 valence electrons. The van der Waals surface area contributed by atoms with Gasteiger partial charge in [0.15, 0.2) is 5.96 Å². The minimum absolute atomic E-state index is 0.0319. The van der Waals surface area contributed by atoms with Crippen LogP contribution in [0.3, 0.4) is 0 Å². The molecule has 0 unspecified atom stereocenters. The second kappa shape index (κ2) is 12.3. The van der Waals surface area contributed by atoms with Crippen LogP contribution in [0, 0.1) is 0 Å². The predicted octanol–water partition coefficient (Wildman–Crippen LogP) is 2.09. The molecule has 0 heterocycles. The van der Waals surface area contributed by atoms with Crippen molar-refractivity contribution in [2.45, 2.75) is 46.2 Å². The van der Waals surface area contributed by atoms with E-state index in [1.165, 1.54) is 0 Å². The molecule has 0 fully saturated rings. The highest BCUT2D eigenvalue weighted by Crippen LogP contribution is 2.03. The Morgan fingerprint density at radius 3 is 2.12 bits per heavy atom. The second-order valence-electron chi connectivity index (χ2n) is 6.83. The lowest BCUT2D eigenvalue weighted by Crippen LogP contribution is -2.45. The van der Waals surface area contributed by atoms with Crippen molar-refractivity contribution in [2.75, 3.05) is 33.2 Å². The van der Waals surface area contributed by atoms with E-state index in [0.29, 0.717) is 24.2 Å². The van der Waals surface area contributed by atoms with Crippen molar-refractivity contribution in [3.63, 3.8) is 0 Å². The topological polar surface area (TPSA) is 68.8 Å². The number of benzene rings is 1. The maximum Gasteiger partial charge on any atom is 0.251 e. The quantitative estimate of drug-likeness (QED) is 0.339. The number of hydrogen-bond donors (Lipinski definition) is 3. The van der Waals surface area contributed by atoms with Crippen LogP contribution in [0.4, 0.5) is 0 Å². The zero-order valence-corrected chi connectivity index (χ0v) is 16.9. The van der Waals surface area contributed by atoms with Crippen LogP contribution >= 0.6 is 0 Å². The van der Waals surface area contributed by atoms with Crippen LogP contribution < -0.4 is 16.0 Å². The van der Waals surface area contributed by atoms with Crippen LogP contribution in [0.1, 0.15) is 44.5 Å². The Morgan fingerprint density at radius 1 is 0.962 bits per heavy atom. The summed E-state index contributed by atoms with van der Waals surface area (Å²) >= 11 is 0. The van der Waals surface area contributed by atoms with Crippen molar-refractivity contribution in [3.05, 3.63) is 35.9 Å². The van der Waals surface area contributed by atoms with Gasteiger partial charge in [0.2, 0.25) is 0 Å². The summed E-state index contributed by atoms with van der Waals surface area (Å²) in [6, 6.07) is 10.3. The van der Waals surface area contributed by atoms with Crippen LogP contribution in [0.15, 0.2) is 35.3 Å². The SMILES string of the molecule is CN=C(NCCCNC(=O)c1ccccc1)NCCN(C(C)C)C(C)C. The van der Waals surface area contributed by atoms with Gasteiger partial charge in [-0.05, 0) is 46.2 Å². The highest BCUT2D eigenvalue weighted by molar-refractivity contribution is 5.94. The molecule has 1 amide bonds. The van der Waals surface area contributed by atoms with Crippen LogP contribution in [0.2, 0.25) is 0 Å². The van der Waals surface area contributed by atoms with Gasteiger partial charge in [-0.25, -0.2) is 0 Å². The minimum Gasteiger partial charge on any atom is -0.356 e. The molecule has 1 rings (SSSR count). The first-order valence-electron chi connectivity index (χ1n) is 9.49. The predicted molar refractivity (Wildman–Crippen MR) is 110 cm³/mol. The van der Waals surface area contributed by atoms with Crippen molar-refractivity contribution in [1.82, 2.24) is 20.9 Å². The van der Waals surface area contributed by atoms with Gasteiger partial charge in [-0.3, -0.25) is 14.7 Å². The fraction of sp³-hybridized carbons (Fsp3) is 0.600. The maximum absolute atomic E-state index is 11.9. The molecule has 0 aliphatic carbocycles. The van der Waals surface area contributed by atoms with Gasteiger partial charge in [-0.15, -0.1) is 0 Å². The lowest BCUT2D eigenvalue weighted by atomic mass is 10.2. The Hall–Kier alpha value is -2.08. The van der Waals surface area contributed by atoms with Gasteiger partial charge in [0.1, 0.15) is 0 Å². The molecule has 0 aliphatic heterocycles. The molecule has 0 saturated carbocycles. The highest BCUT2D eigenvalue weighted by Gasteiger charge is 2.12. The third kappa shape index (κ3) is 8.34. The van der Waals surface area contributed by atoms with E-state index in [-0.39, 0.29) is 5.91 Å². The summed E-state index contributed by atoms with van der Waals surface area (Å²) in [6.45, 7) is 12.1. The van der Waals surface area contributed by atoms with E-state index in [4.69, 9.17) is 0 Å². The van der Waals surface area contributed by atoms with E-state index < -0.39 is 0 Å². The first kappa shape index (κ1) is 22.0. The number of nitrogens with zero attached hydrogens (tertiary/aromatic N) is 2. The Labute approximate surface area is 158 Å². The van der Waals surface area contributed by atoms with E-state index in [2.05, 4.69) is 53.5 Å². The van der Waals surface area contributed by atoms with Gasteiger partial charge in [-0.1, -0.05) is 18.2 Å². The molecule has 0 radical (unpaired) electrons. The largest absolute Gasteiger partial charge is 0.356 e. The third-order valence-corrected chi connectivity index (χ3v) is 4.18. The molecule has 0 saturated heterocycles. The number of rotatable bonds is 10. The van der Waals surface area contributed by atoms with Crippen LogP contribution in [-0.4, -0.2) is 62.1 Å². The Balaban J connectivity index is 2.19. The molecule has 3 N–H and O–H groups in total. The standard InChI is InChI=1S/C20H35N5O/c1-16(2)25(17(3)4)15-14-24-20(21-5)23-13-9-12-22-19(26)18-10-7-6-8-11-18/h6-8,10-11,16-17H,9,12-15H2,1-5H3,(H,22,26)(H2,21,23,24). The van der Waals surface area contributed by atoms with Crippen molar-refractivity contribution in [3.8, 4) is 0 Å². The Kier molecular flexibility index (Phi) is 10.4. The monoisotopic (exact) mass is 361 g/mol. The number of carbonyl (C=O) groups excluding carboxylic acids is 1. The Morgan fingerprint density at radius 2 is 1.54 bits per heavy atom. The van der Waals surface area contributed by atoms with Gasteiger partial charge in [-0.2, -0.15) is 0 Å². The third-order valence-electron chi connectivity index (χ3n) is 4.18. The molecule has 1 aromatic carbocycles. The van der Waals surface area contributed by atoms with Crippen LogP contribution in [0.25, 0.3) is 0 Å². The summed E-state index contributed by atoms with van der Waals surface area (Å²) in [6.07, 6.45) is 0.837. The van der Waals surface area contributed by atoms with E-state index in [1.807, 2.05) is 30.3 Å². The van der Waals surface area contributed by atoms with Crippen molar-refractivity contribution >= 4 is 11.9 Å². The van der Waals surface area contributed by atoms with Gasteiger partial charge in [0, 0.05) is 50.9 Å². The average molecular weight is 362 g/mol. The highest BCUT2D eigenvalue weighted by atomic mass is 16.1. The van der Waals surface area contributed by atoms with Gasteiger partial charge < -0.3 is 16.0 Å². The first-order chi connectivity index (χ1) is 12.5. The lowest BCUT2D eigenvalue weighted by Gasteiger charge is -2.30. The van der Waals surface area contributed by atoms with Crippen molar-refractivity contribution in [2.24, 2.45) is 4.99 Å². The summed E-state index contributed by atoms with van der Waals surface area (Å²) < 4.78 is 0. The van der Waals surface area contributed by atoms with Gasteiger partial charge in [0.05, 0.1) is 0 Å². The molecule has 0 bridgehead atoms. The minimum atomic E-state index is -0.0319. The van der Waals surface area contributed by atoms with E-state index in [0.717, 1.165) is 32.0 Å². The van der Waals surface area contributed by atoms with Crippen LogP contribution in [0.5, 0.6) is 0 Å². The zero-order valence-electron chi connectivity index (χ0n) is 16.9. The number of nitrogens with one attached hydrogen (secondary N) is 3. The summed E-state index contributed by atoms with van der Waals surface area (Å²) in [5, 5.41) is 9.56. The molecular weight excluding hydrogens is 326 g/mol. The summed E-state index contributed by atoms with van der Waals surface area (Å²) in [5.74, 6) is 0.766. The second-order valence-corrected chi connectivity index (χ2v) is 6.83. The normalized spacial score (nSPS) is 11.9. The number of hydrogen-bond acceptors (Lipinski definition) is 3. The molecule has 0 spiro atoms. The van der Waals surface area contributed by atoms with Crippen LogP contribution in [-0.2, 0) is 0 Å². The molecule has 26 heavy (non-hydrogen) atoms. The fourth-order valence-corrected chi connectivity index (χ4v) is 2.83. The number of carbonyl (C=O) groups is 1. The molecule has 0 aliphatic rings.